The van der Waals surface area contributed by atoms with Crippen molar-refractivity contribution in [1.29, 1.82) is 0 Å². The molecule has 2 rings (SSSR count). The average Bonchev–Trinajstić information content (AvgIpc) is 2.50. The van der Waals surface area contributed by atoms with Gasteiger partial charge in [0.05, 0.1) is 7.11 Å². The SMILES string of the molecule is COc1ccc(CCC(C)Nc2ncnc(N)c2Cl)cc1. The predicted molar refractivity (Wildman–Crippen MR) is 85.9 cm³/mol. The summed E-state index contributed by atoms with van der Waals surface area (Å²) in [5.74, 6) is 1.73. The third-order valence-electron chi connectivity index (χ3n) is 3.22. The Labute approximate surface area is 129 Å². The molecule has 2 aromatic rings. The first kappa shape index (κ1) is 15.4. The average molecular weight is 307 g/mol. The Hall–Kier alpha value is -2.01. The summed E-state index contributed by atoms with van der Waals surface area (Å²) in [5, 5.41) is 3.63. The van der Waals surface area contributed by atoms with Gasteiger partial charge in [-0.2, -0.15) is 0 Å². The monoisotopic (exact) mass is 306 g/mol. The van der Waals surface area contributed by atoms with E-state index in [2.05, 4.69) is 34.3 Å². The third-order valence-corrected chi connectivity index (χ3v) is 3.60. The number of nitrogens with two attached hydrogens (primary N) is 1. The fraction of sp³-hybridized carbons (Fsp3) is 0.333. The van der Waals surface area contributed by atoms with Crippen molar-refractivity contribution in [2.75, 3.05) is 18.2 Å². The first-order valence-electron chi connectivity index (χ1n) is 6.75. The van der Waals surface area contributed by atoms with Crippen molar-refractivity contribution < 1.29 is 4.74 Å². The maximum absolute atomic E-state index is 6.06. The maximum Gasteiger partial charge on any atom is 0.150 e. The van der Waals surface area contributed by atoms with Gasteiger partial charge in [0.25, 0.3) is 0 Å². The topological polar surface area (TPSA) is 73.1 Å². The summed E-state index contributed by atoms with van der Waals surface area (Å²) < 4.78 is 5.15. The van der Waals surface area contributed by atoms with Gasteiger partial charge in [-0.05, 0) is 37.5 Å². The van der Waals surface area contributed by atoms with E-state index in [9.17, 15) is 0 Å². The number of benzene rings is 1. The van der Waals surface area contributed by atoms with E-state index in [0.717, 1.165) is 18.6 Å². The predicted octanol–water partition coefficient (Wildman–Crippen LogP) is 3.15. The van der Waals surface area contributed by atoms with Gasteiger partial charge in [0, 0.05) is 6.04 Å². The largest absolute Gasteiger partial charge is 0.497 e. The minimum Gasteiger partial charge on any atom is -0.497 e. The van der Waals surface area contributed by atoms with E-state index in [1.54, 1.807) is 7.11 Å². The van der Waals surface area contributed by atoms with Crippen molar-refractivity contribution in [3.63, 3.8) is 0 Å². The van der Waals surface area contributed by atoms with E-state index in [1.807, 2.05) is 12.1 Å². The molecule has 5 nitrogen and oxygen atoms in total. The van der Waals surface area contributed by atoms with Crippen LogP contribution in [0.4, 0.5) is 11.6 Å². The molecule has 0 aliphatic heterocycles. The number of nitrogens with one attached hydrogen (secondary N) is 1. The van der Waals surface area contributed by atoms with Crippen LogP contribution in [0, 0.1) is 0 Å². The van der Waals surface area contributed by atoms with Crippen LogP contribution < -0.4 is 15.8 Å². The van der Waals surface area contributed by atoms with E-state index in [1.165, 1.54) is 11.9 Å². The first-order valence-corrected chi connectivity index (χ1v) is 7.13. The van der Waals surface area contributed by atoms with Gasteiger partial charge in [-0.1, -0.05) is 23.7 Å². The molecule has 0 saturated heterocycles. The number of hydrogen-bond acceptors (Lipinski definition) is 5. The molecule has 21 heavy (non-hydrogen) atoms. The molecule has 0 aliphatic rings. The summed E-state index contributed by atoms with van der Waals surface area (Å²) in [6.07, 6.45) is 3.31. The number of halogens is 1. The number of anilines is 2. The number of aryl methyl sites for hydroxylation is 1. The molecule has 0 fully saturated rings. The van der Waals surface area contributed by atoms with Crippen molar-refractivity contribution in [3.8, 4) is 5.75 Å². The van der Waals surface area contributed by atoms with Crippen molar-refractivity contribution in [2.24, 2.45) is 0 Å². The summed E-state index contributed by atoms with van der Waals surface area (Å²) in [4.78, 5) is 7.95. The van der Waals surface area contributed by atoms with E-state index in [4.69, 9.17) is 22.1 Å². The van der Waals surface area contributed by atoms with Gasteiger partial charge in [-0.15, -0.1) is 0 Å². The Balaban J connectivity index is 1.89. The number of methoxy groups -OCH3 is 1. The molecular formula is C15H19ClN4O. The molecule has 1 aromatic heterocycles. The van der Waals surface area contributed by atoms with Crippen molar-refractivity contribution in [2.45, 2.75) is 25.8 Å². The highest BCUT2D eigenvalue weighted by Crippen LogP contribution is 2.24. The summed E-state index contributed by atoms with van der Waals surface area (Å²) in [6, 6.07) is 8.30. The fourth-order valence-electron chi connectivity index (χ4n) is 1.97. The van der Waals surface area contributed by atoms with Gasteiger partial charge in [0.2, 0.25) is 0 Å². The van der Waals surface area contributed by atoms with Crippen LogP contribution in [0.5, 0.6) is 5.75 Å². The van der Waals surface area contributed by atoms with Crippen LogP contribution >= 0.6 is 11.6 Å². The highest BCUT2D eigenvalue weighted by atomic mass is 35.5. The smallest absolute Gasteiger partial charge is 0.150 e. The molecular weight excluding hydrogens is 288 g/mol. The van der Waals surface area contributed by atoms with Crippen molar-refractivity contribution >= 4 is 23.2 Å². The molecule has 1 atom stereocenters. The lowest BCUT2D eigenvalue weighted by molar-refractivity contribution is 0.414. The Bertz CT molecular complexity index is 589. The zero-order valence-corrected chi connectivity index (χ0v) is 12.9. The second-order valence-electron chi connectivity index (χ2n) is 4.85. The van der Waals surface area contributed by atoms with Crippen LogP contribution in [0.2, 0.25) is 5.02 Å². The van der Waals surface area contributed by atoms with E-state index in [0.29, 0.717) is 10.8 Å². The molecule has 0 saturated carbocycles. The normalized spacial score (nSPS) is 12.0. The standard InChI is InChI=1S/C15H19ClN4O/c1-10(20-15-13(16)14(17)18-9-19-15)3-4-11-5-7-12(21-2)8-6-11/h5-10H,3-4H2,1-2H3,(H3,17,18,19,20). The molecule has 112 valence electrons. The van der Waals surface area contributed by atoms with Crippen molar-refractivity contribution in [1.82, 2.24) is 9.97 Å². The molecule has 0 aliphatic carbocycles. The van der Waals surface area contributed by atoms with Gasteiger partial charge in [-0.3, -0.25) is 0 Å². The van der Waals surface area contributed by atoms with Gasteiger partial charge in [0.15, 0.2) is 5.82 Å². The Morgan fingerprint density at radius 3 is 2.67 bits per heavy atom. The Kier molecular flexibility index (Phi) is 5.22. The molecule has 0 bridgehead atoms. The summed E-state index contributed by atoms with van der Waals surface area (Å²) >= 11 is 6.06. The van der Waals surface area contributed by atoms with Crippen LogP contribution in [-0.2, 0) is 6.42 Å². The van der Waals surface area contributed by atoms with Gasteiger partial charge < -0.3 is 15.8 Å². The van der Waals surface area contributed by atoms with Crippen LogP contribution in [0.3, 0.4) is 0 Å². The lowest BCUT2D eigenvalue weighted by atomic mass is 10.1. The second-order valence-corrected chi connectivity index (χ2v) is 5.23. The molecule has 6 heteroatoms. The zero-order valence-electron chi connectivity index (χ0n) is 12.1. The number of nitrogens with zero attached hydrogens (tertiary/aromatic N) is 2. The van der Waals surface area contributed by atoms with Crippen LogP contribution in [0.1, 0.15) is 18.9 Å². The van der Waals surface area contributed by atoms with E-state index in [-0.39, 0.29) is 11.9 Å². The lowest BCUT2D eigenvalue weighted by Gasteiger charge is -2.15. The molecule has 0 spiro atoms. The molecule has 1 unspecified atom stereocenters. The zero-order chi connectivity index (χ0) is 15.2. The Morgan fingerprint density at radius 2 is 2.00 bits per heavy atom. The van der Waals surface area contributed by atoms with Gasteiger partial charge in [-0.25, -0.2) is 9.97 Å². The number of aromatic nitrogens is 2. The molecule has 0 radical (unpaired) electrons. The maximum atomic E-state index is 6.06. The van der Waals surface area contributed by atoms with E-state index >= 15 is 0 Å². The quantitative estimate of drug-likeness (QED) is 0.857. The van der Waals surface area contributed by atoms with E-state index < -0.39 is 0 Å². The van der Waals surface area contributed by atoms with Crippen LogP contribution in [0.15, 0.2) is 30.6 Å². The highest BCUT2D eigenvalue weighted by Gasteiger charge is 2.09. The highest BCUT2D eigenvalue weighted by molar-refractivity contribution is 6.35. The minimum absolute atomic E-state index is 0.221. The lowest BCUT2D eigenvalue weighted by Crippen LogP contribution is -2.17. The van der Waals surface area contributed by atoms with Gasteiger partial charge in [0.1, 0.15) is 22.9 Å². The van der Waals surface area contributed by atoms with Crippen LogP contribution in [-0.4, -0.2) is 23.1 Å². The van der Waals surface area contributed by atoms with Crippen molar-refractivity contribution in [3.05, 3.63) is 41.2 Å². The molecule has 0 amide bonds. The molecule has 1 aromatic carbocycles. The Morgan fingerprint density at radius 1 is 1.29 bits per heavy atom. The summed E-state index contributed by atoms with van der Waals surface area (Å²) in [5.41, 5.74) is 6.92. The molecule has 3 N–H and O–H groups in total. The second kappa shape index (κ2) is 7.13. The first-order chi connectivity index (χ1) is 10.1. The fourth-order valence-corrected chi connectivity index (χ4v) is 2.12. The number of hydrogen-bond donors (Lipinski definition) is 2. The third kappa shape index (κ3) is 4.23. The van der Waals surface area contributed by atoms with Gasteiger partial charge >= 0.3 is 0 Å². The minimum atomic E-state index is 0.221. The summed E-state index contributed by atoms with van der Waals surface area (Å²) in [6.45, 7) is 2.08. The number of nitrogen functional groups attached to an aromatic ring is 1. The molecule has 1 heterocycles. The van der Waals surface area contributed by atoms with Crippen LogP contribution in [0.25, 0.3) is 0 Å². The number of rotatable bonds is 6. The summed E-state index contributed by atoms with van der Waals surface area (Å²) in [7, 11) is 1.66. The number of ether oxygens (including phenoxy) is 1.